The van der Waals surface area contributed by atoms with Crippen LogP contribution in [-0.4, -0.2) is 54.4 Å². The van der Waals surface area contributed by atoms with Gasteiger partial charge in [0.2, 0.25) is 5.91 Å². The monoisotopic (exact) mass is 379 g/mol. The maximum atomic E-state index is 12.9. The molecule has 1 aromatic heterocycles. The molecule has 1 aliphatic rings. The molecular formula is C22H25N3O3. The van der Waals surface area contributed by atoms with E-state index in [-0.39, 0.29) is 11.8 Å². The number of benzene rings is 2. The molecule has 1 aliphatic heterocycles. The highest BCUT2D eigenvalue weighted by molar-refractivity contribution is 5.81. The Morgan fingerprint density at radius 3 is 2.96 bits per heavy atom. The van der Waals surface area contributed by atoms with E-state index < -0.39 is 0 Å². The van der Waals surface area contributed by atoms with Crippen molar-refractivity contribution in [2.75, 3.05) is 33.4 Å². The largest absolute Gasteiger partial charge is 0.497 e. The van der Waals surface area contributed by atoms with Crippen LogP contribution in [0.4, 0.5) is 0 Å². The number of methoxy groups -OCH3 is 1. The van der Waals surface area contributed by atoms with E-state index in [1.54, 1.807) is 7.11 Å². The van der Waals surface area contributed by atoms with Crippen molar-refractivity contribution in [3.8, 4) is 5.75 Å². The number of hydrogen-bond acceptors (Lipinski definition) is 4. The van der Waals surface area contributed by atoms with Crippen LogP contribution < -0.4 is 4.74 Å². The summed E-state index contributed by atoms with van der Waals surface area (Å²) in [6, 6.07) is 13.9. The van der Waals surface area contributed by atoms with E-state index in [9.17, 15) is 4.79 Å². The SMILES string of the molecule is COc1ccc(CC(=O)N2CCOCC(Cc3cccc4[nH]ncc34)C2)cc1. The molecule has 0 spiro atoms. The number of carbonyl (C=O) groups excluding carboxylic acids is 1. The Kier molecular flexibility index (Phi) is 5.58. The second-order valence-electron chi connectivity index (χ2n) is 7.26. The number of H-pyrrole nitrogens is 1. The predicted octanol–water partition coefficient (Wildman–Crippen LogP) is 2.83. The standard InChI is InChI=1S/C22H25N3O3/c1-27-19-7-5-16(6-8-19)12-22(26)25-9-10-28-15-17(14-25)11-18-3-2-4-21-20(18)13-23-24-21/h2-8,13,17H,9-12,14-15H2,1H3,(H,23,24). The Morgan fingerprint density at radius 2 is 2.14 bits per heavy atom. The van der Waals surface area contributed by atoms with Crippen molar-refractivity contribution >= 4 is 16.8 Å². The topological polar surface area (TPSA) is 67.4 Å². The zero-order valence-electron chi connectivity index (χ0n) is 16.1. The van der Waals surface area contributed by atoms with Gasteiger partial charge in [-0.2, -0.15) is 5.10 Å². The fourth-order valence-electron chi connectivity index (χ4n) is 3.78. The fourth-order valence-corrected chi connectivity index (χ4v) is 3.78. The van der Waals surface area contributed by atoms with Gasteiger partial charge in [0, 0.05) is 24.4 Å². The minimum absolute atomic E-state index is 0.141. The van der Waals surface area contributed by atoms with Crippen LogP contribution in [0.2, 0.25) is 0 Å². The van der Waals surface area contributed by atoms with Crippen molar-refractivity contribution in [1.29, 1.82) is 0 Å². The first-order valence-corrected chi connectivity index (χ1v) is 9.62. The van der Waals surface area contributed by atoms with Crippen molar-refractivity contribution in [1.82, 2.24) is 15.1 Å². The number of nitrogens with zero attached hydrogens (tertiary/aromatic N) is 2. The Bertz CT molecular complexity index is 936. The van der Waals surface area contributed by atoms with Gasteiger partial charge in [0.1, 0.15) is 5.75 Å². The van der Waals surface area contributed by atoms with Crippen LogP contribution >= 0.6 is 0 Å². The molecule has 1 saturated heterocycles. The molecule has 0 bridgehead atoms. The quantitative estimate of drug-likeness (QED) is 0.740. The number of rotatable bonds is 5. The molecule has 1 fully saturated rings. The van der Waals surface area contributed by atoms with E-state index in [1.165, 1.54) is 5.56 Å². The molecule has 3 aromatic rings. The predicted molar refractivity (Wildman–Crippen MR) is 107 cm³/mol. The summed E-state index contributed by atoms with van der Waals surface area (Å²) in [7, 11) is 1.64. The summed E-state index contributed by atoms with van der Waals surface area (Å²) in [6.07, 6.45) is 3.13. The zero-order valence-corrected chi connectivity index (χ0v) is 16.1. The molecule has 2 heterocycles. The Balaban J connectivity index is 1.43. The van der Waals surface area contributed by atoms with Crippen molar-refractivity contribution < 1.29 is 14.3 Å². The molecule has 0 radical (unpaired) electrons. The molecular weight excluding hydrogens is 354 g/mol. The Labute approximate surface area is 164 Å². The number of aromatic nitrogens is 2. The van der Waals surface area contributed by atoms with Crippen LogP contribution in [0.3, 0.4) is 0 Å². The van der Waals surface area contributed by atoms with Crippen LogP contribution in [0.15, 0.2) is 48.7 Å². The zero-order chi connectivity index (χ0) is 19.3. The summed E-state index contributed by atoms with van der Waals surface area (Å²) >= 11 is 0. The highest BCUT2D eigenvalue weighted by Gasteiger charge is 2.23. The van der Waals surface area contributed by atoms with Crippen molar-refractivity contribution in [3.63, 3.8) is 0 Å². The van der Waals surface area contributed by atoms with Gasteiger partial charge < -0.3 is 14.4 Å². The van der Waals surface area contributed by atoms with Crippen LogP contribution in [0.1, 0.15) is 11.1 Å². The molecule has 6 heteroatoms. The van der Waals surface area contributed by atoms with Gasteiger partial charge in [-0.15, -0.1) is 0 Å². The van der Waals surface area contributed by atoms with Crippen LogP contribution in [0, 0.1) is 5.92 Å². The van der Waals surface area contributed by atoms with Gasteiger partial charge in [0.15, 0.2) is 0 Å². The second kappa shape index (κ2) is 8.44. The van der Waals surface area contributed by atoms with E-state index in [0.717, 1.165) is 28.6 Å². The van der Waals surface area contributed by atoms with Crippen molar-refractivity contribution in [2.45, 2.75) is 12.8 Å². The number of amides is 1. The number of fused-ring (bicyclic) bond motifs is 1. The van der Waals surface area contributed by atoms with Crippen LogP contribution in [0.25, 0.3) is 10.9 Å². The molecule has 0 saturated carbocycles. The Morgan fingerprint density at radius 1 is 1.29 bits per heavy atom. The first kappa shape index (κ1) is 18.5. The third kappa shape index (κ3) is 4.17. The van der Waals surface area contributed by atoms with Gasteiger partial charge in [0.25, 0.3) is 0 Å². The summed E-state index contributed by atoms with van der Waals surface area (Å²) in [4.78, 5) is 14.8. The van der Waals surface area contributed by atoms with E-state index >= 15 is 0 Å². The maximum absolute atomic E-state index is 12.9. The Hall–Kier alpha value is -2.86. The molecule has 146 valence electrons. The molecule has 4 rings (SSSR count). The minimum atomic E-state index is 0.141. The van der Waals surface area contributed by atoms with E-state index in [1.807, 2.05) is 47.5 Å². The number of aromatic amines is 1. The first-order valence-electron chi connectivity index (χ1n) is 9.62. The fraction of sp³-hybridized carbons (Fsp3) is 0.364. The van der Waals surface area contributed by atoms with Crippen molar-refractivity contribution in [3.05, 3.63) is 59.8 Å². The molecule has 0 aliphatic carbocycles. The van der Waals surface area contributed by atoms with Crippen LogP contribution in [0.5, 0.6) is 5.75 Å². The lowest BCUT2D eigenvalue weighted by molar-refractivity contribution is -0.130. The first-order chi connectivity index (χ1) is 13.7. The van der Waals surface area contributed by atoms with Gasteiger partial charge in [-0.1, -0.05) is 24.3 Å². The van der Waals surface area contributed by atoms with E-state index in [4.69, 9.17) is 9.47 Å². The number of ether oxygens (including phenoxy) is 2. The van der Waals surface area contributed by atoms with Gasteiger partial charge in [-0.25, -0.2) is 0 Å². The van der Waals surface area contributed by atoms with Gasteiger partial charge in [-0.05, 0) is 35.7 Å². The van der Waals surface area contributed by atoms with Crippen LogP contribution in [-0.2, 0) is 22.4 Å². The maximum Gasteiger partial charge on any atom is 0.227 e. The molecule has 28 heavy (non-hydrogen) atoms. The highest BCUT2D eigenvalue weighted by atomic mass is 16.5. The minimum Gasteiger partial charge on any atom is -0.497 e. The lowest BCUT2D eigenvalue weighted by Gasteiger charge is -2.24. The third-order valence-electron chi connectivity index (χ3n) is 5.29. The lowest BCUT2D eigenvalue weighted by Crippen LogP contribution is -2.37. The summed E-state index contributed by atoms with van der Waals surface area (Å²) in [5.41, 5.74) is 3.28. The molecule has 1 unspecified atom stereocenters. The lowest BCUT2D eigenvalue weighted by atomic mass is 9.97. The average molecular weight is 379 g/mol. The number of nitrogens with one attached hydrogen (secondary N) is 1. The summed E-state index contributed by atoms with van der Waals surface area (Å²) < 4.78 is 11.0. The van der Waals surface area contributed by atoms with Gasteiger partial charge in [0.05, 0.1) is 38.5 Å². The molecule has 1 amide bonds. The van der Waals surface area contributed by atoms with E-state index in [0.29, 0.717) is 32.7 Å². The summed E-state index contributed by atoms with van der Waals surface area (Å²) in [5, 5.41) is 8.30. The molecule has 1 atom stereocenters. The van der Waals surface area contributed by atoms with Gasteiger partial charge >= 0.3 is 0 Å². The third-order valence-corrected chi connectivity index (χ3v) is 5.29. The molecule has 2 aromatic carbocycles. The normalized spacial score (nSPS) is 17.5. The summed E-state index contributed by atoms with van der Waals surface area (Å²) in [5.74, 6) is 1.21. The average Bonchev–Trinajstić information content (AvgIpc) is 3.08. The van der Waals surface area contributed by atoms with Gasteiger partial charge in [-0.3, -0.25) is 9.89 Å². The molecule has 1 N–H and O–H groups in total. The second-order valence-corrected chi connectivity index (χ2v) is 7.26. The number of carbonyl (C=O) groups is 1. The van der Waals surface area contributed by atoms with E-state index in [2.05, 4.69) is 16.3 Å². The molecule has 6 nitrogen and oxygen atoms in total. The number of hydrogen-bond donors (Lipinski definition) is 1. The highest BCUT2D eigenvalue weighted by Crippen LogP contribution is 2.22. The summed E-state index contributed by atoms with van der Waals surface area (Å²) in [6.45, 7) is 2.60. The van der Waals surface area contributed by atoms with Crippen molar-refractivity contribution in [2.24, 2.45) is 5.92 Å². The smallest absolute Gasteiger partial charge is 0.227 e.